The van der Waals surface area contributed by atoms with Gasteiger partial charge in [-0.2, -0.15) is 0 Å². The molecule has 144 valence electrons. The van der Waals surface area contributed by atoms with Gasteiger partial charge >= 0.3 is 0 Å². The third kappa shape index (κ3) is 2.77. The Morgan fingerprint density at radius 2 is 2.11 bits per heavy atom. The first kappa shape index (κ1) is 17.6. The van der Waals surface area contributed by atoms with Crippen molar-refractivity contribution in [2.45, 2.75) is 45.9 Å². The molecule has 7 heteroatoms. The van der Waals surface area contributed by atoms with Crippen molar-refractivity contribution in [2.24, 2.45) is 5.92 Å². The van der Waals surface area contributed by atoms with Crippen LogP contribution >= 0.6 is 11.3 Å². The minimum absolute atomic E-state index is 0.0355. The van der Waals surface area contributed by atoms with Crippen LogP contribution in [0.1, 0.15) is 29.9 Å². The van der Waals surface area contributed by atoms with Crippen LogP contribution in [0.4, 0.5) is 0 Å². The molecular formula is C21H22N4O2S. The standard InChI is InChI=1S/C21H22N4O2S/c1-13(2)16-10-15-17(11-27-16)28-20-18(15)19(26)24(21-23-22-12-25(20)21)9-8-14-6-4-3-5-7-14/h3-7,12-13,16H,8-11H2,1-2H3/t16-/m1/s1. The molecular weight excluding hydrogens is 372 g/mol. The molecule has 4 heterocycles. The van der Waals surface area contributed by atoms with Gasteiger partial charge in [-0.3, -0.25) is 13.8 Å². The molecule has 0 fully saturated rings. The summed E-state index contributed by atoms with van der Waals surface area (Å²) in [5, 5.41) is 9.14. The Kier molecular flexibility index (Phi) is 4.29. The van der Waals surface area contributed by atoms with Crippen LogP contribution < -0.4 is 5.56 Å². The Morgan fingerprint density at radius 1 is 1.29 bits per heavy atom. The number of aryl methyl sites for hydroxylation is 2. The average molecular weight is 395 g/mol. The molecule has 0 bridgehead atoms. The van der Waals surface area contributed by atoms with E-state index >= 15 is 0 Å². The van der Waals surface area contributed by atoms with Crippen molar-refractivity contribution in [3.8, 4) is 0 Å². The number of hydrogen-bond donors (Lipinski definition) is 0. The number of nitrogens with zero attached hydrogens (tertiary/aromatic N) is 4. The van der Waals surface area contributed by atoms with E-state index in [1.807, 2.05) is 22.6 Å². The number of aromatic nitrogens is 4. The summed E-state index contributed by atoms with van der Waals surface area (Å²) in [6.45, 7) is 5.49. The molecule has 0 saturated carbocycles. The zero-order valence-corrected chi connectivity index (χ0v) is 16.8. The molecule has 1 aromatic carbocycles. The zero-order valence-electron chi connectivity index (χ0n) is 16.0. The van der Waals surface area contributed by atoms with Crippen molar-refractivity contribution in [2.75, 3.05) is 0 Å². The third-order valence-corrected chi connectivity index (χ3v) is 6.77. The summed E-state index contributed by atoms with van der Waals surface area (Å²) in [5.74, 6) is 1.02. The van der Waals surface area contributed by atoms with Crippen molar-refractivity contribution in [3.63, 3.8) is 0 Å². The highest BCUT2D eigenvalue weighted by molar-refractivity contribution is 7.18. The van der Waals surface area contributed by atoms with Crippen LogP contribution in [0.3, 0.4) is 0 Å². The lowest BCUT2D eigenvalue weighted by atomic mass is 9.96. The minimum Gasteiger partial charge on any atom is -0.372 e. The summed E-state index contributed by atoms with van der Waals surface area (Å²) >= 11 is 1.63. The van der Waals surface area contributed by atoms with E-state index in [0.717, 1.165) is 33.5 Å². The number of rotatable bonds is 4. The van der Waals surface area contributed by atoms with Gasteiger partial charge in [0.1, 0.15) is 11.2 Å². The number of ether oxygens (including phenoxy) is 1. The van der Waals surface area contributed by atoms with Gasteiger partial charge in [0, 0.05) is 17.8 Å². The van der Waals surface area contributed by atoms with Gasteiger partial charge in [-0.1, -0.05) is 44.2 Å². The molecule has 0 unspecified atom stereocenters. The van der Waals surface area contributed by atoms with Crippen LogP contribution in [-0.2, 0) is 30.7 Å². The predicted molar refractivity (Wildman–Crippen MR) is 110 cm³/mol. The SMILES string of the molecule is CC(C)[C@H]1Cc2c(sc3c2c(=O)n(CCc2ccccc2)c2nncn32)CO1. The van der Waals surface area contributed by atoms with Crippen molar-refractivity contribution in [1.29, 1.82) is 0 Å². The summed E-state index contributed by atoms with van der Waals surface area (Å²) in [5.41, 5.74) is 2.39. The summed E-state index contributed by atoms with van der Waals surface area (Å²) in [6.07, 6.45) is 3.42. The fourth-order valence-electron chi connectivity index (χ4n) is 3.96. The zero-order chi connectivity index (χ0) is 19.3. The summed E-state index contributed by atoms with van der Waals surface area (Å²) in [6, 6.07) is 10.2. The lowest BCUT2D eigenvalue weighted by Crippen LogP contribution is -2.28. The van der Waals surface area contributed by atoms with Crippen molar-refractivity contribution in [1.82, 2.24) is 19.2 Å². The van der Waals surface area contributed by atoms with Gasteiger partial charge in [0.05, 0.1) is 18.1 Å². The van der Waals surface area contributed by atoms with Crippen LogP contribution in [0.5, 0.6) is 0 Å². The molecule has 1 aliphatic heterocycles. The number of fused-ring (bicyclic) bond motifs is 5. The molecule has 0 aliphatic carbocycles. The predicted octanol–water partition coefficient (Wildman–Crippen LogP) is 3.45. The summed E-state index contributed by atoms with van der Waals surface area (Å²) < 4.78 is 9.75. The fourth-order valence-corrected chi connectivity index (χ4v) is 5.17. The Bertz CT molecular complexity index is 1210. The number of thiophene rings is 1. The molecule has 6 nitrogen and oxygen atoms in total. The first-order valence-electron chi connectivity index (χ1n) is 9.66. The molecule has 1 aliphatic rings. The Hall–Kier alpha value is -2.51. The molecule has 3 aromatic heterocycles. The van der Waals surface area contributed by atoms with Gasteiger partial charge < -0.3 is 4.74 Å². The van der Waals surface area contributed by atoms with E-state index < -0.39 is 0 Å². The van der Waals surface area contributed by atoms with Crippen molar-refractivity contribution < 1.29 is 4.74 Å². The van der Waals surface area contributed by atoms with Crippen molar-refractivity contribution >= 4 is 27.3 Å². The maximum Gasteiger partial charge on any atom is 0.263 e. The second-order valence-corrected chi connectivity index (χ2v) is 8.76. The largest absolute Gasteiger partial charge is 0.372 e. The quantitative estimate of drug-likeness (QED) is 0.532. The third-order valence-electron chi connectivity index (χ3n) is 5.57. The normalized spacial score (nSPS) is 16.9. The first-order valence-corrected chi connectivity index (χ1v) is 10.5. The monoisotopic (exact) mass is 394 g/mol. The van der Waals surface area contributed by atoms with Crippen LogP contribution in [0.15, 0.2) is 41.5 Å². The van der Waals surface area contributed by atoms with Gasteiger partial charge in [-0.05, 0) is 23.5 Å². The maximum atomic E-state index is 13.5. The Balaban J connectivity index is 1.66. The molecule has 0 radical (unpaired) electrons. The molecule has 0 N–H and O–H groups in total. The van der Waals surface area contributed by atoms with Crippen LogP contribution in [0.2, 0.25) is 0 Å². The first-order chi connectivity index (χ1) is 13.6. The molecule has 0 spiro atoms. The van der Waals surface area contributed by atoms with E-state index in [1.54, 1.807) is 22.2 Å². The minimum atomic E-state index is 0.0355. The lowest BCUT2D eigenvalue weighted by molar-refractivity contribution is 0.00200. The number of benzene rings is 1. The van der Waals surface area contributed by atoms with E-state index in [1.165, 1.54) is 5.56 Å². The molecule has 28 heavy (non-hydrogen) atoms. The van der Waals surface area contributed by atoms with Gasteiger partial charge in [-0.15, -0.1) is 21.5 Å². The molecule has 0 amide bonds. The fraction of sp³-hybridized carbons (Fsp3) is 0.381. The van der Waals surface area contributed by atoms with E-state index in [4.69, 9.17) is 4.74 Å². The molecule has 4 aromatic rings. The van der Waals surface area contributed by atoms with Gasteiger partial charge in [0.25, 0.3) is 5.56 Å². The van der Waals surface area contributed by atoms with E-state index in [-0.39, 0.29) is 11.7 Å². The van der Waals surface area contributed by atoms with Gasteiger partial charge in [0.2, 0.25) is 5.78 Å². The highest BCUT2D eigenvalue weighted by Gasteiger charge is 2.28. The second-order valence-electron chi connectivity index (χ2n) is 7.67. The van der Waals surface area contributed by atoms with E-state index in [0.29, 0.717) is 24.8 Å². The smallest absolute Gasteiger partial charge is 0.263 e. The van der Waals surface area contributed by atoms with Crippen LogP contribution in [0, 0.1) is 5.92 Å². The van der Waals surface area contributed by atoms with Crippen molar-refractivity contribution in [3.05, 3.63) is 63.0 Å². The highest BCUT2D eigenvalue weighted by atomic mass is 32.1. The number of hydrogen-bond acceptors (Lipinski definition) is 5. The summed E-state index contributed by atoms with van der Waals surface area (Å²) in [7, 11) is 0. The van der Waals surface area contributed by atoms with Crippen LogP contribution in [-0.4, -0.2) is 25.3 Å². The summed E-state index contributed by atoms with van der Waals surface area (Å²) in [4.78, 5) is 15.6. The van der Waals surface area contributed by atoms with Gasteiger partial charge in [-0.25, -0.2) is 0 Å². The molecule has 1 atom stereocenters. The second kappa shape index (κ2) is 6.83. The van der Waals surface area contributed by atoms with Gasteiger partial charge in [0.15, 0.2) is 0 Å². The van der Waals surface area contributed by atoms with Crippen LogP contribution in [0.25, 0.3) is 16.0 Å². The Morgan fingerprint density at radius 3 is 2.89 bits per heavy atom. The lowest BCUT2D eigenvalue weighted by Gasteiger charge is -2.26. The average Bonchev–Trinajstić information content (AvgIpc) is 3.32. The topological polar surface area (TPSA) is 61.4 Å². The highest BCUT2D eigenvalue weighted by Crippen LogP contribution is 2.35. The van der Waals surface area contributed by atoms with E-state index in [9.17, 15) is 4.79 Å². The molecule has 5 rings (SSSR count). The Labute approximate surface area is 166 Å². The molecule has 0 saturated heterocycles. The van der Waals surface area contributed by atoms with E-state index in [2.05, 4.69) is 36.2 Å². The maximum absolute atomic E-state index is 13.5.